The summed E-state index contributed by atoms with van der Waals surface area (Å²) < 4.78 is 40.6. The van der Waals surface area contributed by atoms with Crippen molar-refractivity contribution in [1.82, 2.24) is 36.2 Å². The van der Waals surface area contributed by atoms with Crippen LogP contribution in [0.2, 0.25) is 0 Å². The number of Topliss-reactive ketones (excluding diaryl/α,β-unsaturated/α-hetero) is 1. The summed E-state index contributed by atoms with van der Waals surface area (Å²) in [6, 6.07) is 4.24. The zero-order valence-electron chi connectivity index (χ0n) is 32.9. The highest BCUT2D eigenvalue weighted by molar-refractivity contribution is 6.07. The number of methoxy groups -OCH3 is 1. The molecule has 2 bridgehead atoms. The number of hydrogen-bond donors (Lipinski definition) is 4. The molecule has 6 fully saturated rings. The van der Waals surface area contributed by atoms with Crippen molar-refractivity contribution in [3.05, 3.63) is 47.4 Å². The van der Waals surface area contributed by atoms with Crippen molar-refractivity contribution in [2.75, 3.05) is 71.0 Å². The van der Waals surface area contributed by atoms with Crippen LogP contribution < -0.4 is 31.0 Å². The van der Waals surface area contributed by atoms with E-state index in [1.807, 2.05) is 12.3 Å². The van der Waals surface area contributed by atoms with Crippen LogP contribution in [0.1, 0.15) is 61.7 Å². The van der Waals surface area contributed by atoms with Gasteiger partial charge in [-0.05, 0) is 87.1 Å². The first-order chi connectivity index (χ1) is 28.1. The number of fused-ring (bicyclic) bond motifs is 3. The molecule has 1 aromatic rings. The number of anilines is 1. The maximum Gasteiger partial charge on any atom is 0.328 e. The Morgan fingerprint density at radius 2 is 1.97 bits per heavy atom. The largest absolute Gasteiger partial charge is 0.495 e. The Labute approximate surface area is 336 Å². The summed E-state index contributed by atoms with van der Waals surface area (Å²) in [6.07, 6.45) is 7.39. The molecule has 312 valence electrons. The van der Waals surface area contributed by atoms with Gasteiger partial charge in [0.2, 0.25) is 12.3 Å². The molecular formula is C41H53F2N9O6. The van der Waals surface area contributed by atoms with Crippen LogP contribution in [0.5, 0.6) is 5.75 Å². The van der Waals surface area contributed by atoms with Crippen molar-refractivity contribution in [1.29, 1.82) is 0 Å². The van der Waals surface area contributed by atoms with Gasteiger partial charge in [0, 0.05) is 76.0 Å². The maximum absolute atomic E-state index is 14.7. The van der Waals surface area contributed by atoms with Gasteiger partial charge in [-0.25, -0.2) is 24.0 Å². The van der Waals surface area contributed by atoms with Crippen molar-refractivity contribution in [3.63, 3.8) is 0 Å². The Balaban J connectivity index is 0.816. The number of amides is 4. The monoisotopic (exact) mass is 805 g/mol. The molecule has 1 aliphatic carbocycles. The number of hydrazine groups is 1. The predicted octanol–water partition coefficient (Wildman–Crippen LogP) is 2.61. The third-order valence-electron chi connectivity index (χ3n) is 14.0. The van der Waals surface area contributed by atoms with Crippen molar-refractivity contribution in [2.45, 2.75) is 76.0 Å². The molecule has 7 aliphatic heterocycles. The number of alkyl halides is 2. The first kappa shape index (κ1) is 39.0. The van der Waals surface area contributed by atoms with Crippen molar-refractivity contribution in [2.24, 2.45) is 28.2 Å². The SMILES string of the molecule is COc1ccc(C(=O)C2CNCCC23CCC(CN2CCC(NC(=O)C4=C5N=C(N6C[C@H]7C[C@@H]6CO7)C=CN5NC4)C(C(F)F)C2)CC3)cc1N1CCC(=O)NC1=O. The summed E-state index contributed by atoms with van der Waals surface area (Å²) in [6.45, 7) is 4.81. The highest BCUT2D eigenvalue weighted by Gasteiger charge is 2.48. The fourth-order valence-corrected chi connectivity index (χ4v) is 10.7. The first-order valence-electron chi connectivity index (χ1n) is 20.9. The number of likely N-dealkylation sites (tertiary alicyclic amines) is 2. The van der Waals surface area contributed by atoms with Crippen LogP contribution in [0.3, 0.4) is 0 Å². The van der Waals surface area contributed by atoms with Crippen LogP contribution in [0.4, 0.5) is 19.3 Å². The second-order valence-electron chi connectivity index (χ2n) is 17.2. The summed E-state index contributed by atoms with van der Waals surface area (Å²) in [5.74, 6) is 0.139. The molecule has 1 saturated carbocycles. The standard InChI is InChI=1S/C41H53F2N9O6/c1-57-33-3-2-25(16-32(33)50-14-8-35(53)48-40(50)56)36(54)30-19-44-12-11-41(30)9-4-24(5-10-41)20-49-13-6-31(29(22-49)37(42)43)46-39(55)28-18-45-52-15-7-34(47-38(28)52)51-21-27-17-26(51)23-58-27/h2-3,7,15-16,24,26-27,29-31,37,44-45H,4-6,8-14,17-23H2,1H3,(H,46,55)(H,48,53,56)/t24?,26-,27-,29?,30?,31?,41?/m1/s1. The summed E-state index contributed by atoms with van der Waals surface area (Å²) in [4.78, 5) is 63.1. The Bertz CT molecular complexity index is 1920. The third-order valence-corrected chi connectivity index (χ3v) is 14.0. The fraction of sp³-hybridized carbons (Fsp3) is 0.634. The van der Waals surface area contributed by atoms with E-state index in [1.54, 1.807) is 23.2 Å². The van der Waals surface area contributed by atoms with Crippen molar-refractivity contribution in [3.8, 4) is 5.75 Å². The van der Waals surface area contributed by atoms with E-state index >= 15 is 0 Å². The number of morpholine rings is 1. The van der Waals surface area contributed by atoms with Crippen LogP contribution in [-0.4, -0.2) is 135 Å². The molecule has 1 aromatic carbocycles. The summed E-state index contributed by atoms with van der Waals surface area (Å²) in [7, 11) is 1.51. The average Bonchev–Trinajstić information content (AvgIpc) is 3.99. The topological polar surface area (TPSA) is 160 Å². The van der Waals surface area contributed by atoms with E-state index in [2.05, 4.69) is 31.2 Å². The van der Waals surface area contributed by atoms with Crippen LogP contribution in [0.25, 0.3) is 0 Å². The molecule has 58 heavy (non-hydrogen) atoms. The van der Waals surface area contributed by atoms with Gasteiger partial charge in [-0.2, -0.15) is 0 Å². The van der Waals surface area contributed by atoms with E-state index in [9.17, 15) is 28.0 Å². The van der Waals surface area contributed by atoms with Gasteiger partial charge in [-0.1, -0.05) is 0 Å². The van der Waals surface area contributed by atoms with E-state index in [-0.39, 0.29) is 67.1 Å². The number of rotatable bonds is 9. The summed E-state index contributed by atoms with van der Waals surface area (Å²) in [5, 5.41) is 10.5. The maximum atomic E-state index is 14.7. The Kier molecular flexibility index (Phi) is 10.7. The van der Waals surface area contributed by atoms with Crippen molar-refractivity contribution >= 4 is 35.2 Å². The van der Waals surface area contributed by atoms with E-state index in [0.29, 0.717) is 67.0 Å². The first-order valence-corrected chi connectivity index (χ1v) is 20.9. The van der Waals surface area contributed by atoms with Crippen LogP contribution >= 0.6 is 0 Å². The minimum absolute atomic E-state index is 0.0188. The quantitative estimate of drug-likeness (QED) is 0.272. The van der Waals surface area contributed by atoms with Crippen LogP contribution in [-0.2, 0) is 14.3 Å². The number of urea groups is 1. The number of nitrogens with zero attached hydrogens (tertiary/aromatic N) is 5. The smallest absolute Gasteiger partial charge is 0.328 e. The Morgan fingerprint density at radius 1 is 1.12 bits per heavy atom. The molecule has 15 nitrogen and oxygen atoms in total. The van der Waals surface area contributed by atoms with Gasteiger partial charge in [-0.3, -0.25) is 29.6 Å². The molecule has 8 aliphatic rings. The lowest BCUT2D eigenvalue weighted by Crippen LogP contribution is -2.55. The molecule has 9 rings (SSSR count). The molecule has 5 atom stereocenters. The lowest BCUT2D eigenvalue weighted by molar-refractivity contribution is -0.121. The van der Waals surface area contributed by atoms with Gasteiger partial charge < -0.3 is 29.9 Å². The summed E-state index contributed by atoms with van der Waals surface area (Å²) in [5.41, 5.74) is 4.39. The normalized spacial score (nSPS) is 32.6. The molecule has 3 unspecified atom stereocenters. The minimum atomic E-state index is -2.58. The fourth-order valence-electron chi connectivity index (χ4n) is 10.7. The van der Waals surface area contributed by atoms with Crippen LogP contribution in [0, 0.1) is 23.2 Å². The van der Waals surface area contributed by atoms with Gasteiger partial charge in [0.05, 0.1) is 43.0 Å². The molecule has 1 spiro atoms. The molecule has 7 heterocycles. The number of amidine groups is 1. The van der Waals surface area contributed by atoms with Gasteiger partial charge in [-0.15, -0.1) is 0 Å². The molecular weight excluding hydrogens is 753 g/mol. The highest BCUT2D eigenvalue weighted by atomic mass is 19.3. The number of carbonyl (C=O) groups is 4. The van der Waals surface area contributed by atoms with E-state index in [1.165, 1.54) is 12.0 Å². The number of imide groups is 1. The number of carbonyl (C=O) groups excluding carboxylic acids is 4. The zero-order valence-corrected chi connectivity index (χ0v) is 32.9. The average molecular weight is 806 g/mol. The molecule has 4 amide bonds. The number of halogens is 2. The van der Waals surface area contributed by atoms with Crippen LogP contribution in [0.15, 0.2) is 46.9 Å². The van der Waals surface area contributed by atoms with Gasteiger partial charge in [0.15, 0.2) is 11.6 Å². The lowest BCUT2D eigenvalue weighted by Gasteiger charge is -2.49. The minimum Gasteiger partial charge on any atom is -0.495 e. The number of nitrogens with one attached hydrogen (secondary N) is 4. The lowest BCUT2D eigenvalue weighted by atomic mass is 9.59. The molecule has 0 aromatic heterocycles. The van der Waals surface area contributed by atoms with Gasteiger partial charge >= 0.3 is 6.03 Å². The number of ether oxygens (including phenoxy) is 2. The highest BCUT2D eigenvalue weighted by Crippen LogP contribution is 2.50. The summed E-state index contributed by atoms with van der Waals surface area (Å²) >= 11 is 0. The molecule has 5 saturated heterocycles. The zero-order chi connectivity index (χ0) is 40.1. The van der Waals surface area contributed by atoms with Gasteiger partial charge in [0.1, 0.15) is 11.6 Å². The van der Waals surface area contributed by atoms with Gasteiger partial charge in [0.25, 0.3) is 5.91 Å². The number of hydrogen-bond acceptors (Lipinski definition) is 12. The van der Waals surface area contributed by atoms with E-state index in [0.717, 1.165) is 57.5 Å². The molecule has 0 radical (unpaired) electrons. The molecule has 17 heteroatoms. The van der Waals surface area contributed by atoms with E-state index in [4.69, 9.17) is 14.5 Å². The number of piperidine rings is 2. The second-order valence-corrected chi connectivity index (χ2v) is 17.2. The predicted molar refractivity (Wildman–Crippen MR) is 209 cm³/mol. The van der Waals surface area contributed by atoms with E-state index < -0.39 is 24.4 Å². The Morgan fingerprint density at radius 3 is 2.71 bits per heavy atom. The molecule has 4 N–H and O–H groups in total. The third kappa shape index (κ3) is 7.39. The number of aliphatic imine (C=N–C) groups is 1. The van der Waals surface area contributed by atoms with Crippen molar-refractivity contribution < 1.29 is 37.4 Å². The Hall–Kier alpha value is -4.45. The number of benzene rings is 1. The second kappa shape index (κ2) is 16.0. The number of ketones is 1.